The third-order valence-corrected chi connectivity index (χ3v) is 5.09. The van der Waals surface area contributed by atoms with Gasteiger partial charge in [-0.3, -0.25) is 14.4 Å². The number of hydrogen-bond donors (Lipinski definition) is 2. The van der Waals surface area contributed by atoms with Crippen molar-refractivity contribution in [2.75, 3.05) is 19.7 Å². The summed E-state index contributed by atoms with van der Waals surface area (Å²) < 4.78 is 2.03. The Hall–Kier alpha value is -1.40. The zero-order valence-corrected chi connectivity index (χ0v) is 14.2. The Morgan fingerprint density at radius 3 is 2.87 bits per heavy atom. The zero-order chi connectivity index (χ0) is 16.4. The van der Waals surface area contributed by atoms with Crippen LogP contribution in [0.1, 0.15) is 49.8 Å². The third-order valence-electron chi connectivity index (χ3n) is 5.09. The van der Waals surface area contributed by atoms with Crippen LogP contribution in [0.3, 0.4) is 0 Å². The highest BCUT2D eigenvalue weighted by Crippen LogP contribution is 2.41. The molecule has 2 aliphatic rings. The van der Waals surface area contributed by atoms with E-state index in [0.29, 0.717) is 11.8 Å². The van der Waals surface area contributed by atoms with E-state index in [1.54, 1.807) is 0 Å². The Labute approximate surface area is 137 Å². The first-order valence-electron chi connectivity index (χ1n) is 8.75. The second-order valence-electron chi connectivity index (χ2n) is 7.03. The molecule has 6 nitrogen and oxygen atoms in total. The van der Waals surface area contributed by atoms with Gasteiger partial charge in [0.15, 0.2) is 0 Å². The topological polar surface area (TPSA) is 70.4 Å². The van der Waals surface area contributed by atoms with Crippen molar-refractivity contribution < 1.29 is 9.90 Å². The molecule has 1 aromatic heterocycles. The van der Waals surface area contributed by atoms with Crippen LogP contribution < -0.4 is 5.32 Å². The number of nitrogens with zero attached hydrogens (tertiary/aromatic N) is 3. The summed E-state index contributed by atoms with van der Waals surface area (Å²) >= 11 is 0. The zero-order valence-electron chi connectivity index (χ0n) is 14.2. The fourth-order valence-corrected chi connectivity index (χ4v) is 3.91. The average Bonchev–Trinajstić information content (AvgIpc) is 3.20. The van der Waals surface area contributed by atoms with E-state index in [1.807, 2.05) is 17.9 Å². The van der Waals surface area contributed by atoms with Crippen molar-refractivity contribution >= 4 is 5.91 Å². The molecule has 2 heterocycles. The molecule has 0 aromatic carbocycles. The lowest BCUT2D eigenvalue weighted by atomic mass is 9.98. The van der Waals surface area contributed by atoms with Crippen LogP contribution in [-0.2, 0) is 18.4 Å². The Balaban J connectivity index is 1.65. The highest BCUT2D eigenvalue weighted by molar-refractivity contribution is 5.77. The van der Waals surface area contributed by atoms with Crippen LogP contribution in [0.5, 0.6) is 0 Å². The summed E-state index contributed by atoms with van der Waals surface area (Å²) in [5, 5.41) is 16.4. The summed E-state index contributed by atoms with van der Waals surface area (Å²) in [5.41, 5.74) is 2.72. The van der Waals surface area contributed by atoms with E-state index in [4.69, 9.17) is 5.11 Å². The predicted molar refractivity (Wildman–Crippen MR) is 87.9 cm³/mol. The molecule has 0 spiro atoms. The van der Waals surface area contributed by atoms with E-state index < -0.39 is 6.61 Å². The Morgan fingerprint density at radius 2 is 2.22 bits per heavy atom. The number of likely N-dealkylation sites (tertiary alicyclic amines) is 1. The highest BCUT2D eigenvalue weighted by Gasteiger charge is 2.35. The van der Waals surface area contributed by atoms with Crippen LogP contribution in [0, 0.1) is 5.92 Å². The fraction of sp³-hybridized carbons (Fsp3) is 0.765. The number of rotatable bonds is 7. The van der Waals surface area contributed by atoms with Crippen LogP contribution in [0.2, 0.25) is 0 Å². The van der Waals surface area contributed by atoms with Gasteiger partial charge in [-0.25, -0.2) is 0 Å². The summed E-state index contributed by atoms with van der Waals surface area (Å²) in [7, 11) is 2.03. The maximum Gasteiger partial charge on any atom is 0.245 e. The molecule has 6 heteroatoms. The van der Waals surface area contributed by atoms with Crippen LogP contribution in [0.25, 0.3) is 0 Å². The number of amides is 1. The van der Waals surface area contributed by atoms with E-state index >= 15 is 0 Å². The van der Waals surface area contributed by atoms with Gasteiger partial charge in [-0.15, -0.1) is 0 Å². The smallest absolute Gasteiger partial charge is 0.245 e. The number of hydrogen-bond acceptors (Lipinski definition) is 4. The van der Waals surface area contributed by atoms with E-state index in [-0.39, 0.29) is 11.9 Å². The average molecular weight is 320 g/mol. The third kappa shape index (κ3) is 3.75. The van der Waals surface area contributed by atoms with Crippen molar-refractivity contribution in [3.05, 3.63) is 17.5 Å². The quantitative estimate of drug-likeness (QED) is 0.786. The standard InChI is InChI=1S/C17H28N4O2/c1-3-4-13-8-21(10-15(13)19-16(23)11-22)9-14-7-18-20(2)17(14)12-5-6-12/h7,12-13,15,22H,3-6,8-11H2,1-2H3,(H,19,23)/t13-,15-/m0/s1. The first kappa shape index (κ1) is 16.5. The summed E-state index contributed by atoms with van der Waals surface area (Å²) in [6.07, 6.45) is 6.78. The molecular formula is C17H28N4O2. The molecule has 0 bridgehead atoms. The minimum Gasteiger partial charge on any atom is -0.387 e. The summed E-state index contributed by atoms with van der Waals surface area (Å²) in [5.74, 6) is 0.894. The van der Waals surface area contributed by atoms with Crippen molar-refractivity contribution in [3.63, 3.8) is 0 Å². The van der Waals surface area contributed by atoms with Gasteiger partial charge < -0.3 is 10.4 Å². The van der Waals surface area contributed by atoms with Gasteiger partial charge in [-0.1, -0.05) is 13.3 Å². The number of aryl methyl sites for hydroxylation is 1. The first-order chi connectivity index (χ1) is 11.1. The number of nitrogens with one attached hydrogen (secondary N) is 1. The maximum atomic E-state index is 11.5. The Bertz CT molecular complexity index is 553. The molecule has 1 saturated carbocycles. The fourth-order valence-electron chi connectivity index (χ4n) is 3.91. The van der Waals surface area contributed by atoms with Gasteiger partial charge in [0.25, 0.3) is 0 Å². The molecule has 2 atom stereocenters. The molecule has 3 rings (SSSR count). The molecule has 1 saturated heterocycles. The second-order valence-corrected chi connectivity index (χ2v) is 7.03. The lowest BCUT2D eigenvalue weighted by Gasteiger charge is -2.18. The summed E-state index contributed by atoms with van der Waals surface area (Å²) in [6.45, 7) is 4.52. The minimum absolute atomic E-state index is 0.149. The van der Waals surface area contributed by atoms with Crippen LogP contribution in [0.15, 0.2) is 6.20 Å². The summed E-state index contributed by atoms with van der Waals surface area (Å²) in [4.78, 5) is 14.0. The summed E-state index contributed by atoms with van der Waals surface area (Å²) in [6, 6.07) is 0.149. The molecule has 128 valence electrons. The number of carbonyl (C=O) groups is 1. The highest BCUT2D eigenvalue weighted by atomic mass is 16.3. The molecule has 1 aliphatic carbocycles. The van der Waals surface area contributed by atoms with E-state index in [1.165, 1.54) is 24.1 Å². The minimum atomic E-state index is -0.427. The molecule has 0 unspecified atom stereocenters. The van der Waals surface area contributed by atoms with Gasteiger partial charge in [-0.2, -0.15) is 5.10 Å². The number of aliphatic hydroxyl groups excluding tert-OH is 1. The largest absolute Gasteiger partial charge is 0.387 e. The number of carbonyl (C=O) groups excluding carboxylic acids is 1. The lowest BCUT2D eigenvalue weighted by Crippen LogP contribution is -2.41. The van der Waals surface area contributed by atoms with Crippen molar-refractivity contribution in [3.8, 4) is 0 Å². The molecule has 2 fully saturated rings. The first-order valence-corrected chi connectivity index (χ1v) is 8.75. The molecule has 23 heavy (non-hydrogen) atoms. The lowest BCUT2D eigenvalue weighted by molar-refractivity contribution is -0.124. The van der Waals surface area contributed by atoms with Crippen molar-refractivity contribution in [2.45, 2.75) is 51.1 Å². The van der Waals surface area contributed by atoms with Gasteiger partial charge in [-0.05, 0) is 25.2 Å². The van der Waals surface area contributed by atoms with E-state index in [2.05, 4.69) is 22.2 Å². The molecular weight excluding hydrogens is 292 g/mol. The number of aromatic nitrogens is 2. The van der Waals surface area contributed by atoms with Crippen molar-refractivity contribution in [2.24, 2.45) is 13.0 Å². The molecule has 1 aromatic rings. The molecule has 1 aliphatic heterocycles. The monoisotopic (exact) mass is 320 g/mol. The number of aliphatic hydroxyl groups is 1. The van der Waals surface area contributed by atoms with Gasteiger partial charge in [0.05, 0.1) is 6.20 Å². The van der Waals surface area contributed by atoms with Crippen molar-refractivity contribution in [1.82, 2.24) is 20.0 Å². The van der Waals surface area contributed by atoms with Gasteiger partial charge >= 0.3 is 0 Å². The molecule has 2 N–H and O–H groups in total. The maximum absolute atomic E-state index is 11.5. The van der Waals surface area contributed by atoms with Gasteiger partial charge in [0.1, 0.15) is 6.61 Å². The van der Waals surface area contributed by atoms with Crippen LogP contribution >= 0.6 is 0 Å². The van der Waals surface area contributed by atoms with Crippen molar-refractivity contribution in [1.29, 1.82) is 0 Å². The van der Waals surface area contributed by atoms with Gasteiger partial charge in [0.2, 0.25) is 5.91 Å². The second kappa shape index (κ2) is 7.01. The SMILES string of the molecule is CCC[C@H]1CN(Cc2cnn(C)c2C2CC2)C[C@@H]1NC(=O)CO. The normalized spacial score (nSPS) is 25.0. The van der Waals surface area contributed by atoms with Crippen LogP contribution in [-0.4, -0.2) is 51.4 Å². The Morgan fingerprint density at radius 1 is 1.43 bits per heavy atom. The molecule has 0 radical (unpaired) electrons. The molecule has 1 amide bonds. The van der Waals surface area contributed by atoms with Crippen LogP contribution in [0.4, 0.5) is 0 Å². The predicted octanol–water partition coefficient (Wildman–Crippen LogP) is 1.01. The Kier molecular flexibility index (Phi) is 5.02. The van der Waals surface area contributed by atoms with Gasteiger partial charge in [0, 0.05) is 49.9 Å². The van der Waals surface area contributed by atoms with E-state index in [0.717, 1.165) is 32.5 Å². The van der Waals surface area contributed by atoms with E-state index in [9.17, 15) is 4.79 Å².